The second kappa shape index (κ2) is 15.1. The monoisotopic (exact) mass is 327 g/mol. The fourth-order valence-corrected chi connectivity index (χ4v) is 2.48. The molecule has 0 bridgehead atoms. The molecule has 0 spiro atoms. The van der Waals surface area contributed by atoms with Gasteiger partial charge in [-0.3, -0.25) is 9.59 Å². The quantitative estimate of drug-likeness (QED) is 0.368. The number of esters is 1. The summed E-state index contributed by atoms with van der Waals surface area (Å²) >= 11 is -1.99. The topological polar surface area (TPSA) is 71.1 Å². The van der Waals surface area contributed by atoms with Gasteiger partial charge in [0.2, 0.25) is 0 Å². The molecule has 7 heteroatoms. The summed E-state index contributed by atoms with van der Waals surface area (Å²) in [6.45, 7) is 12.8. The van der Waals surface area contributed by atoms with Gasteiger partial charge < -0.3 is 4.74 Å². The predicted molar refractivity (Wildman–Crippen MR) is 71.4 cm³/mol. The minimum atomic E-state index is -1.99. The van der Waals surface area contributed by atoms with Crippen molar-refractivity contribution in [2.45, 2.75) is 54.1 Å². The van der Waals surface area contributed by atoms with E-state index in [1.807, 2.05) is 20.8 Å². The first-order valence-electron chi connectivity index (χ1n) is 6.81. The summed E-state index contributed by atoms with van der Waals surface area (Å²) < 4.78 is 20.4. The van der Waals surface area contributed by atoms with Crippen LogP contribution in [0.2, 0.25) is 0 Å². The fourth-order valence-electron chi connectivity index (χ4n) is 0.986. The molecule has 0 aliphatic carbocycles. The maximum absolute atomic E-state index is 10.6. The Morgan fingerprint density at radius 1 is 0.950 bits per heavy atom. The van der Waals surface area contributed by atoms with Crippen LogP contribution in [0.4, 0.5) is 0 Å². The average Bonchev–Trinajstić information content (AvgIpc) is 2.28. The van der Waals surface area contributed by atoms with E-state index in [2.05, 4.69) is 0 Å². The number of carbonyl (C=O) groups excluding carboxylic acids is 2. The Kier molecular flexibility index (Phi) is 16.7. The van der Waals surface area contributed by atoms with Crippen LogP contribution >= 0.6 is 0 Å². The van der Waals surface area contributed by atoms with Crippen molar-refractivity contribution < 1.29 is 43.3 Å². The van der Waals surface area contributed by atoms with Crippen LogP contribution in [0.15, 0.2) is 0 Å². The normalized spacial score (nSPS) is 9.75. The molecule has 0 aromatic carbocycles. The summed E-state index contributed by atoms with van der Waals surface area (Å²) in [4.78, 5) is 21.0. The van der Waals surface area contributed by atoms with Crippen molar-refractivity contribution in [3.05, 3.63) is 0 Å². The number of Topliss-reactive ketones (excluding diaryl/α,β-unsaturated/α-hetero) is 1. The van der Waals surface area contributed by atoms with Crippen LogP contribution in [0.3, 0.4) is 0 Å². The molecule has 0 aromatic rings. The Morgan fingerprint density at radius 3 is 1.60 bits per heavy atom. The van der Waals surface area contributed by atoms with Gasteiger partial charge in [0.15, 0.2) is 0 Å². The van der Waals surface area contributed by atoms with E-state index in [0.29, 0.717) is 19.8 Å². The predicted octanol–water partition coefficient (Wildman–Crippen LogP) is 2.38. The number of ketones is 1. The van der Waals surface area contributed by atoms with Gasteiger partial charge in [-0.15, -0.1) is 0 Å². The zero-order valence-corrected chi connectivity index (χ0v) is 14.9. The molecule has 0 unspecified atom stereocenters. The summed E-state index contributed by atoms with van der Waals surface area (Å²) in [7, 11) is 0. The summed E-state index contributed by atoms with van der Waals surface area (Å²) in [6, 6.07) is 0. The first-order valence-corrected chi connectivity index (χ1v) is 8.72. The van der Waals surface area contributed by atoms with Gasteiger partial charge >= 0.3 is 75.6 Å². The summed E-state index contributed by atoms with van der Waals surface area (Å²) in [5.41, 5.74) is 0. The Labute approximate surface area is 129 Å². The molecule has 0 saturated heterocycles. The van der Waals surface area contributed by atoms with Crippen molar-refractivity contribution in [1.29, 1.82) is 0 Å². The molecule has 0 aliphatic heterocycles. The molecule has 0 N–H and O–H groups in total. The number of hydrogen-bond donors (Lipinski definition) is 0. The second-order valence-corrected chi connectivity index (χ2v) is 6.10. The van der Waals surface area contributed by atoms with E-state index in [1.165, 1.54) is 6.92 Å². The first kappa shape index (κ1) is 22.0. The third-order valence-corrected chi connectivity index (χ3v) is 4.00. The van der Waals surface area contributed by atoms with Crippen molar-refractivity contribution in [1.82, 2.24) is 0 Å². The summed E-state index contributed by atoms with van der Waals surface area (Å²) in [5, 5.41) is 0. The number of carbonyl (C=O) groups is 2. The van der Waals surface area contributed by atoms with Crippen LogP contribution in [0, 0.1) is 0 Å². The van der Waals surface area contributed by atoms with Gasteiger partial charge in [0.05, 0.1) is 6.10 Å². The fraction of sp³-hybridized carbons (Fsp3) is 0.846. The van der Waals surface area contributed by atoms with Crippen LogP contribution in [0.25, 0.3) is 0 Å². The van der Waals surface area contributed by atoms with E-state index in [-0.39, 0.29) is 18.3 Å². The number of ether oxygens (including phenoxy) is 1. The van der Waals surface area contributed by atoms with Crippen LogP contribution in [-0.2, 0) is 43.3 Å². The van der Waals surface area contributed by atoms with Gasteiger partial charge in [-0.1, -0.05) is 0 Å². The third-order valence-electron chi connectivity index (χ3n) is 1.55. The maximum atomic E-state index is 10.6. The van der Waals surface area contributed by atoms with Crippen molar-refractivity contribution in [3.63, 3.8) is 0 Å². The Balaban J connectivity index is 0. The number of rotatable bonds is 9. The molecule has 0 rings (SSSR count). The molecule has 0 aliphatic rings. The van der Waals surface area contributed by atoms with Crippen molar-refractivity contribution in [2.24, 2.45) is 0 Å². The Morgan fingerprint density at radius 2 is 1.35 bits per heavy atom. The minimum absolute atomic E-state index is 0.113. The van der Waals surface area contributed by atoms with Crippen molar-refractivity contribution in [3.8, 4) is 0 Å². The molecule has 0 aromatic heterocycles. The van der Waals surface area contributed by atoms with E-state index in [0.717, 1.165) is 0 Å². The molecule has 0 atom stereocenters. The Hall–Kier alpha value is -0.266. The van der Waals surface area contributed by atoms with Gasteiger partial charge in [0.1, 0.15) is 12.2 Å². The van der Waals surface area contributed by atoms with E-state index in [9.17, 15) is 9.59 Å². The molecule has 0 amide bonds. The van der Waals surface area contributed by atoms with Gasteiger partial charge in [-0.25, -0.2) is 0 Å². The van der Waals surface area contributed by atoms with E-state index in [1.54, 1.807) is 13.8 Å². The zero-order chi connectivity index (χ0) is 16.0. The molecule has 119 valence electrons. The molecular formula is C13H27O6Ti. The molecule has 0 saturated carbocycles. The Bertz CT molecular complexity index is 243. The van der Waals surface area contributed by atoms with Gasteiger partial charge in [-0.2, -0.15) is 0 Å². The van der Waals surface area contributed by atoms with Crippen molar-refractivity contribution >= 4 is 11.8 Å². The standard InChI is InChI=1S/C7H12O3.3C2H5O.Ti/c1-5(2)10-7(9)4-6(3)8;3*1-2-3;/h5H,4H2,1-3H3;3*2H2,1H3;/q;3*-1;+3. The summed E-state index contributed by atoms with van der Waals surface area (Å²) in [5.74, 6) is -0.604. The van der Waals surface area contributed by atoms with Crippen molar-refractivity contribution in [2.75, 3.05) is 19.8 Å². The van der Waals surface area contributed by atoms with E-state index in [4.69, 9.17) is 14.7 Å². The first-order chi connectivity index (χ1) is 9.37. The molecule has 0 radical (unpaired) electrons. The second-order valence-electron chi connectivity index (χ2n) is 3.97. The van der Waals surface area contributed by atoms with Crippen LogP contribution < -0.4 is 0 Å². The molecular weight excluding hydrogens is 300 g/mol. The molecule has 20 heavy (non-hydrogen) atoms. The number of hydrogen-bond acceptors (Lipinski definition) is 6. The van der Waals surface area contributed by atoms with Gasteiger partial charge in [-0.05, 0) is 20.8 Å². The third kappa shape index (κ3) is 17.7. The van der Waals surface area contributed by atoms with Crippen LogP contribution in [-0.4, -0.2) is 37.7 Å². The van der Waals surface area contributed by atoms with Gasteiger partial charge in [0, 0.05) is 0 Å². The van der Waals surface area contributed by atoms with Crippen LogP contribution in [0.1, 0.15) is 48.0 Å². The van der Waals surface area contributed by atoms with E-state index >= 15 is 0 Å². The average molecular weight is 327 g/mol. The molecule has 0 heterocycles. The molecule has 0 fully saturated rings. The zero-order valence-electron chi connectivity index (χ0n) is 13.4. The van der Waals surface area contributed by atoms with E-state index < -0.39 is 25.0 Å². The van der Waals surface area contributed by atoms with Crippen LogP contribution in [0.5, 0.6) is 0 Å². The SMILES string of the molecule is CC(=O)CC(=O)OC(C)C.CC[O][Ti]([O]CC)[O]CC. The summed E-state index contributed by atoms with van der Waals surface area (Å²) in [6.07, 6.45) is -0.245. The van der Waals surface area contributed by atoms with Gasteiger partial charge in [0.25, 0.3) is 0 Å². The molecule has 6 nitrogen and oxygen atoms in total.